The van der Waals surface area contributed by atoms with Crippen molar-refractivity contribution in [1.29, 1.82) is 0 Å². The van der Waals surface area contributed by atoms with E-state index in [2.05, 4.69) is 37.3 Å². The van der Waals surface area contributed by atoms with Crippen molar-refractivity contribution < 1.29 is 14.3 Å². The minimum Gasteiger partial charge on any atom is -0.465 e. The van der Waals surface area contributed by atoms with Gasteiger partial charge in [-0.1, -0.05) is 42.0 Å². The van der Waals surface area contributed by atoms with Gasteiger partial charge < -0.3 is 9.47 Å². The molecule has 0 saturated carbocycles. The Labute approximate surface area is 125 Å². The first kappa shape index (κ1) is 14.3. The summed E-state index contributed by atoms with van der Waals surface area (Å²) in [5, 5.41) is 0. The maximum Gasteiger partial charge on any atom is 0.302 e. The largest absolute Gasteiger partial charge is 0.465 e. The molecule has 0 radical (unpaired) electrons. The number of rotatable bonds is 3. The Morgan fingerprint density at radius 3 is 2.86 bits per heavy atom. The summed E-state index contributed by atoms with van der Waals surface area (Å²) in [5.74, 6) is 0.169. The summed E-state index contributed by atoms with van der Waals surface area (Å²) >= 11 is 0. The molecule has 2 aliphatic rings. The minimum absolute atomic E-state index is 0.0405. The molecule has 1 aromatic carbocycles. The Bertz CT molecular complexity index is 549. The maximum absolute atomic E-state index is 11.1. The van der Waals surface area contributed by atoms with Crippen LogP contribution in [0.15, 0.2) is 42.0 Å². The van der Waals surface area contributed by atoms with E-state index >= 15 is 0 Å². The van der Waals surface area contributed by atoms with Gasteiger partial charge in [0.1, 0.15) is 0 Å². The molecule has 1 aromatic rings. The molecule has 112 valence electrons. The van der Waals surface area contributed by atoms with Crippen LogP contribution in [0.25, 0.3) is 0 Å². The predicted octanol–water partition coefficient (Wildman–Crippen LogP) is 3.66. The molecule has 2 bridgehead atoms. The molecule has 0 aromatic heterocycles. The fourth-order valence-electron chi connectivity index (χ4n) is 3.47. The number of ether oxygens (including phenoxy) is 2. The highest BCUT2D eigenvalue weighted by molar-refractivity contribution is 5.65. The first-order valence-corrected chi connectivity index (χ1v) is 7.56. The smallest absolute Gasteiger partial charge is 0.302 e. The van der Waals surface area contributed by atoms with E-state index < -0.39 is 0 Å². The molecule has 1 aliphatic heterocycles. The standard InChI is InChI=1S/C18H22O3/c1-13-8-9-18(11-20-14(2)19)10-16(13)17(21-12-18)15-6-4-3-5-7-15/h3-8,16-17H,9-12H2,1-2H3/t16-,17-,18-/m1/s1. The lowest BCUT2D eigenvalue weighted by atomic mass is 9.67. The Morgan fingerprint density at radius 2 is 2.14 bits per heavy atom. The van der Waals surface area contributed by atoms with Crippen LogP contribution >= 0.6 is 0 Å². The fourth-order valence-corrected chi connectivity index (χ4v) is 3.47. The number of hydrogen-bond acceptors (Lipinski definition) is 3. The molecular formula is C18H22O3. The third-order valence-corrected chi connectivity index (χ3v) is 4.74. The quantitative estimate of drug-likeness (QED) is 0.628. The molecule has 0 amide bonds. The molecule has 3 heteroatoms. The van der Waals surface area contributed by atoms with Gasteiger partial charge in [0.25, 0.3) is 0 Å². The summed E-state index contributed by atoms with van der Waals surface area (Å²) in [5.41, 5.74) is 2.58. The third kappa shape index (κ3) is 2.88. The van der Waals surface area contributed by atoms with Gasteiger partial charge >= 0.3 is 5.97 Å². The SMILES string of the molecule is CC(=O)OC[C@@]12CC=C(C)[C@@H](C1)[C@@H](c1ccccc1)OC2. The topological polar surface area (TPSA) is 35.5 Å². The van der Waals surface area contributed by atoms with Crippen LogP contribution in [0.1, 0.15) is 38.4 Å². The minimum atomic E-state index is -0.211. The third-order valence-electron chi connectivity index (χ3n) is 4.74. The number of hydrogen-bond donors (Lipinski definition) is 0. The van der Waals surface area contributed by atoms with Gasteiger partial charge in [-0.05, 0) is 25.3 Å². The van der Waals surface area contributed by atoms with Crippen molar-refractivity contribution in [2.45, 2.75) is 32.8 Å². The van der Waals surface area contributed by atoms with Crippen LogP contribution in [0.3, 0.4) is 0 Å². The highest BCUT2D eigenvalue weighted by atomic mass is 16.5. The second kappa shape index (κ2) is 5.64. The molecule has 0 N–H and O–H groups in total. The molecule has 3 atom stereocenters. The molecule has 1 fully saturated rings. The van der Waals surface area contributed by atoms with Crippen molar-refractivity contribution in [3.63, 3.8) is 0 Å². The van der Waals surface area contributed by atoms with E-state index in [0.29, 0.717) is 19.1 Å². The van der Waals surface area contributed by atoms with Gasteiger partial charge in [0.15, 0.2) is 0 Å². The van der Waals surface area contributed by atoms with Gasteiger partial charge in [-0.15, -0.1) is 0 Å². The maximum atomic E-state index is 11.1. The number of allylic oxidation sites excluding steroid dienone is 1. The van der Waals surface area contributed by atoms with Gasteiger partial charge in [-0.25, -0.2) is 0 Å². The molecule has 0 spiro atoms. The Morgan fingerprint density at radius 1 is 1.38 bits per heavy atom. The number of esters is 1. The van der Waals surface area contributed by atoms with Crippen LogP contribution in [-0.4, -0.2) is 19.2 Å². The zero-order valence-electron chi connectivity index (χ0n) is 12.7. The zero-order chi connectivity index (χ0) is 14.9. The van der Waals surface area contributed by atoms with Gasteiger partial charge in [0.2, 0.25) is 0 Å². The molecule has 1 aliphatic carbocycles. The van der Waals surface area contributed by atoms with E-state index in [9.17, 15) is 4.79 Å². The molecule has 1 heterocycles. The molecule has 21 heavy (non-hydrogen) atoms. The lowest BCUT2D eigenvalue weighted by Gasteiger charge is -2.47. The number of carbonyl (C=O) groups is 1. The van der Waals surface area contributed by atoms with E-state index in [1.807, 2.05) is 6.07 Å². The normalized spacial score (nSPS) is 31.4. The van der Waals surface area contributed by atoms with Gasteiger partial charge in [0.05, 0.1) is 19.3 Å². The Balaban J connectivity index is 1.81. The van der Waals surface area contributed by atoms with Crippen molar-refractivity contribution in [1.82, 2.24) is 0 Å². The summed E-state index contributed by atoms with van der Waals surface area (Å²) in [6, 6.07) is 10.4. The molecular weight excluding hydrogens is 264 g/mol. The monoisotopic (exact) mass is 286 g/mol. The summed E-state index contributed by atoms with van der Waals surface area (Å²) in [6.45, 7) is 4.77. The van der Waals surface area contributed by atoms with Gasteiger partial charge in [-0.3, -0.25) is 4.79 Å². The lowest BCUT2D eigenvalue weighted by molar-refractivity contribution is -0.156. The first-order valence-electron chi connectivity index (χ1n) is 7.56. The van der Waals surface area contributed by atoms with Gasteiger partial charge in [-0.2, -0.15) is 0 Å². The zero-order valence-corrected chi connectivity index (χ0v) is 12.7. The van der Waals surface area contributed by atoms with Crippen molar-refractivity contribution >= 4 is 5.97 Å². The summed E-state index contributed by atoms with van der Waals surface area (Å²) in [4.78, 5) is 11.1. The van der Waals surface area contributed by atoms with Crippen molar-refractivity contribution in [2.75, 3.05) is 13.2 Å². The van der Waals surface area contributed by atoms with Crippen LogP contribution in [0.2, 0.25) is 0 Å². The van der Waals surface area contributed by atoms with Gasteiger partial charge in [0, 0.05) is 18.3 Å². The van der Waals surface area contributed by atoms with Crippen LogP contribution in [0.5, 0.6) is 0 Å². The highest BCUT2D eigenvalue weighted by Gasteiger charge is 2.45. The van der Waals surface area contributed by atoms with E-state index in [-0.39, 0.29) is 17.5 Å². The van der Waals surface area contributed by atoms with Crippen LogP contribution < -0.4 is 0 Å². The molecule has 0 unspecified atom stereocenters. The second-order valence-corrected chi connectivity index (χ2v) is 6.39. The van der Waals surface area contributed by atoms with E-state index in [0.717, 1.165) is 12.8 Å². The number of carbonyl (C=O) groups excluding carboxylic acids is 1. The lowest BCUT2D eigenvalue weighted by Crippen LogP contribution is -2.44. The van der Waals surface area contributed by atoms with E-state index in [1.54, 1.807) is 0 Å². The van der Waals surface area contributed by atoms with E-state index in [1.165, 1.54) is 18.1 Å². The molecule has 3 nitrogen and oxygen atoms in total. The Kier molecular flexibility index (Phi) is 3.85. The van der Waals surface area contributed by atoms with Crippen LogP contribution in [0.4, 0.5) is 0 Å². The second-order valence-electron chi connectivity index (χ2n) is 6.39. The first-order chi connectivity index (χ1) is 10.1. The number of benzene rings is 1. The fraction of sp³-hybridized carbons (Fsp3) is 0.500. The average Bonchev–Trinajstić information content (AvgIpc) is 2.51. The summed E-state index contributed by atoms with van der Waals surface area (Å²) < 4.78 is 11.5. The molecule has 1 saturated heterocycles. The summed E-state index contributed by atoms with van der Waals surface area (Å²) in [7, 11) is 0. The molecule has 3 rings (SSSR count). The van der Waals surface area contributed by atoms with Crippen molar-refractivity contribution in [3.8, 4) is 0 Å². The summed E-state index contributed by atoms with van der Waals surface area (Å²) in [6.07, 6.45) is 4.38. The van der Waals surface area contributed by atoms with Crippen LogP contribution in [-0.2, 0) is 14.3 Å². The van der Waals surface area contributed by atoms with Crippen LogP contribution in [0, 0.1) is 11.3 Å². The van der Waals surface area contributed by atoms with Crippen molar-refractivity contribution in [2.24, 2.45) is 11.3 Å². The van der Waals surface area contributed by atoms with E-state index in [4.69, 9.17) is 9.47 Å². The Hall–Kier alpha value is -1.61. The number of fused-ring (bicyclic) bond motifs is 2. The predicted molar refractivity (Wildman–Crippen MR) is 80.7 cm³/mol. The highest BCUT2D eigenvalue weighted by Crippen LogP contribution is 2.50. The van der Waals surface area contributed by atoms with Crippen molar-refractivity contribution in [3.05, 3.63) is 47.5 Å². The average molecular weight is 286 g/mol.